The topological polar surface area (TPSA) is 115 Å². The van der Waals surface area contributed by atoms with Gasteiger partial charge in [0.2, 0.25) is 0 Å². The Morgan fingerprint density at radius 2 is 2.07 bits per heavy atom. The summed E-state index contributed by atoms with van der Waals surface area (Å²) < 4.78 is 10.7. The molecule has 9 heteroatoms. The highest BCUT2D eigenvalue weighted by atomic mass is 16.5. The summed E-state index contributed by atoms with van der Waals surface area (Å²) in [5.74, 6) is 0.283. The monoisotopic (exact) mass is 406 g/mol. The van der Waals surface area contributed by atoms with E-state index in [1.807, 2.05) is 30.3 Å². The smallest absolute Gasteiger partial charge is 0.278 e. The van der Waals surface area contributed by atoms with Gasteiger partial charge in [0.15, 0.2) is 11.5 Å². The van der Waals surface area contributed by atoms with Crippen molar-refractivity contribution >= 4 is 23.1 Å². The van der Waals surface area contributed by atoms with Gasteiger partial charge in [0.25, 0.3) is 5.91 Å². The van der Waals surface area contributed by atoms with E-state index in [4.69, 9.17) is 15.2 Å². The molecule has 0 radical (unpaired) electrons. The van der Waals surface area contributed by atoms with Gasteiger partial charge >= 0.3 is 0 Å². The molecule has 1 amide bonds. The van der Waals surface area contributed by atoms with E-state index >= 15 is 0 Å². The number of aromatic nitrogens is 3. The van der Waals surface area contributed by atoms with Gasteiger partial charge in [-0.15, -0.1) is 0 Å². The molecule has 0 spiro atoms. The Bertz CT molecular complexity index is 1050. The minimum absolute atomic E-state index is 0.0482. The van der Waals surface area contributed by atoms with Crippen LogP contribution in [0.1, 0.15) is 10.5 Å². The lowest BCUT2D eigenvalue weighted by atomic mass is 10.1. The highest BCUT2D eigenvalue weighted by Gasteiger charge is 2.19. The first-order valence-electron chi connectivity index (χ1n) is 9.50. The van der Waals surface area contributed by atoms with E-state index in [0.717, 1.165) is 24.3 Å². The number of hydrogen-bond donors (Lipinski definition) is 2. The summed E-state index contributed by atoms with van der Waals surface area (Å²) >= 11 is 0. The molecule has 0 bridgehead atoms. The van der Waals surface area contributed by atoms with E-state index in [0.29, 0.717) is 30.3 Å². The first-order valence-corrected chi connectivity index (χ1v) is 9.50. The van der Waals surface area contributed by atoms with E-state index in [2.05, 4.69) is 25.2 Å². The van der Waals surface area contributed by atoms with Crippen LogP contribution in [0.5, 0.6) is 5.75 Å². The van der Waals surface area contributed by atoms with Crippen molar-refractivity contribution < 1.29 is 14.3 Å². The second-order valence-corrected chi connectivity index (χ2v) is 6.67. The van der Waals surface area contributed by atoms with Crippen LogP contribution >= 0.6 is 0 Å². The Balaban J connectivity index is 1.61. The zero-order valence-corrected chi connectivity index (χ0v) is 16.5. The number of benzene rings is 1. The Morgan fingerprint density at radius 3 is 2.87 bits per heavy atom. The van der Waals surface area contributed by atoms with Crippen LogP contribution in [0.2, 0.25) is 0 Å². The number of carbonyl (C=O) groups excluding carboxylic acids is 1. The number of nitrogen functional groups attached to an aromatic ring is 1. The molecule has 2 aromatic heterocycles. The second-order valence-electron chi connectivity index (χ2n) is 6.67. The second kappa shape index (κ2) is 8.75. The molecule has 1 saturated heterocycles. The molecular formula is C21H22N6O3. The van der Waals surface area contributed by atoms with Crippen molar-refractivity contribution in [1.82, 2.24) is 15.0 Å². The maximum absolute atomic E-state index is 13.0. The third-order valence-corrected chi connectivity index (χ3v) is 4.78. The number of carbonyl (C=O) groups is 1. The fourth-order valence-electron chi connectivity index (χ4n) is 3.23. The van der Waals surface area contributed by atoms with Crippen LogP contribution in [0.3, 0.4) is 0 Å². The van der Waals surface area contributed by atoms with Crippen LogP contribution in [-0.4, -0.2) is 54.3 Å². The molecular weight excluding hydrogens is 384 g/mol. The van der Waals surface area contributed by atoms with Crippen molar-refractivity contribution in [1.29, 1.82) is 0 Å². The largest absolute Gasteiger partial charge is 0.497 e. The number of ether oxygens (including phenoxy) is 2. The van der Waals surface area contributed by atoms with Crippen LogP contribution in [0, 0.1) is 0 Å². The lowest BCUT2D eigenvalue weighted by Gasteiger charge is -2.30. The number of pyridine rings is 1. The van der Waals surface area contributed by atoms with E-state index in [1.54, 1.807) is 19.5 Å². The summed E-state index contributed by atoms with van der Waals surface area (Å²) in [7, 11) is 1.59. The summed E-state index contributed by atoms with van der Waals surface area (Å²) in [6.07, 6.45) is 4.83. The van der Waals surface area contributed by atoms with Crippen molar-refractivity contribution in [2.75, 3.05) is 49.4 Å². The number of methoxy groups -OCH3 is 1. The van der Waals surface area contributed by atoms with Gasteiger partial charge in [-0.3, -0.25) is 9.78 Å². The highest BCUT2D eigenvalue weighted by Crippen LogP contribution is 2.27. The molecule has 30 heavy (non-hydrogen) atoms. The van der Waals surface area contributed by atoms with Gasteiger partial charge in [0.05, 0.1) is 49.8 Å². The number of anilines is 3. The number of hydrogen-bond acceptors (Lipinski definition) is 8. The zero-order valence-electron chi connectivity index (χ0n) is 16.5. The van der Waals surface area contributed by atoms with Crippen LogP contribution in [-0.2, 0) is 4.74 Å². The van der Waals surface area contributed by atoms with Gasteiger partial charge in [0, 0.05) is 24.8 Å². The maximum Gasteiger partial charge on any atom is 0.278 e. The minimum Gasteiger partial charge on any atom is -0.497 e. The van der Waals surface area contributed by atoms with Crippen LogP contribution in [0.4, 0.5) is 17.2 Å². The molecule has 0 unspecified atom stereocenters. The van der Waals surface area contributed by atoms with Gasteiger partial charge in [-0.25, -0.2) is 9.97 Å². The highest BCUT2D eigenvalue weighted by molar-refractivity contribution is 6.07. The fourth-order valence-corrected chi connectivity index (χ4v) is 3.23. The summed E-state index contributed by atoms with van der Waals surface area (Å²) in [6.45, 7) is 2.74. The summed E-state index contributed by atoms with van der Waals surface area (Å²) in [5.41, 5.74) is 8.75. The Morgan fingerprint density at radius 1 is 1.23 bits per heavy atom. The van der Waals surface area contributed by atoms with Crippen LogP contribution in [0.25, 0.3) is 11.3 Å². The molecule has 0 atom stereocenters. The summed E-state index contributed by atoms with van der Waals surface area (Å²) in [4.78, 5) is 27.9. The average Bonchev–Trinajstić information content (AvgIpc) is 2.80. The molecule has 1 aliphatic rings. The normalized spacial score (nSPS) is 13.7. The van der Waals surface area contributed by atoms with Gasteiger partial charge in [-0.05, 0) is 18.2 Å². The van der Waals surface area contributed by atoms with Gasteiger partial charge in [0.1, 0.15) is 5.75 Å². The van der Waals surface area contributed by atoms with Crippen LogP contribution in [0.15, 0.2) is 48.9 Å². The minimum atomic E-state index is -0.452. The molecule has 154 valence electrons. The molecule has 9 nitrogen and oxygen atoms in total. The number of morpholine rings is 1. The average molecular weight is 406 g/mol. The molecule has 1 fully saturated rings. The van der Waals surface area contributed by atoms with Gasteiger partial charge < -0.3 is 25.4 Å². The summed E-state index contributed by atoms with van der Waals surface area (Å²) in [5, 5.41) is 2.88. The quantitative estimate of drug-likeness (QED) is 0.663. The molecule has 0 aliphatic carbocycles. The third kappa shape index (κ3) is 4.15. The number of amides is 1. The molecule has 3 heterocycles. The number of nitrogens with two attached hydrogens (primary N) is 1. The predicted octanol–water partition coefficient (Wildman–Crippen LogP) is 2.22. The molecule has 3 aromatic rings. The van der Waals surface area contributed by atoms with Crippen molar-refractivity contribution in [2.45, 2.75) is 0 Å². The van der Waals surface area contributed by atoms with E-state index < -0.39 is 5.91 Å². The zero-order chi connectivity index (χ0) is 20.9. The molecule has 1 aromatic carbocycles. The van der Waals surface area contributed by atoms with Crippen molar-refractivity contribution in [3.05, 3.63) is 54.6 Å². The Hall–Kier alpha value is -3.72. The lowest BCUT2D eigenvalue weighted by molar-refractivity contribution is 0.102. The van der Waals surface area contributed by atoms with Gasteiger partial charge in [-0.1, -0.05) is 12.1 Å². The van der Waals surface area contributed by atoms with E-state index in [1.165, 1.54) is 6.20 Å². The molecule has 4 rings (SSSR count). The number of rotatable bonds is 5. The van der Waals surface area contributed by atoms with Crippen molar-refractivity contribution in [3.63, 3.8) is 0 Å². The van der Waals surface area contributed by atoms with E-state index in [-0.39, 0.29) is 11.5 Å². The predicted molar refractivity (Wildman–Crippen MR) is 114 cm³/mol. The standard InChI is InChI=1S/C21H22N6O3/c1-29-15-4-2-3-14(11-15)16-13-24-20(22)19(25-16)21(28)26-17-12-23-6-5-18(17)27-7-9-30-10-8-27/h2-6,11-13H,7-10H2,1H3,(H2,22,24)(H,26,28). The third-order valence-electron chi connectivity index (χ3n) is 4.78. The fraction of sp³-hybridized carbons (Fsp3) is 0.238. The number of nitrogens with zero attached hydrogens (tertiary/aromatic N) is 4. The lowest BCUT2D eigenvalue weighted by Crippen LogP contribution is -2.36. The SMILES string of the molecule is COc1cccc(-c2cnc(N)c(C(=O)Nc3cnccc3N3CCOCC3)n2)c1. The van der Waals surface area contributed by atoms with Crippen LogP contribution < -0.4 is 20.7 Å². The Kier molecular flexibility index (Phi) is 5.71. The maximum atomic E-state index is 13.0. The molecule has 0 saturated carbocycles. The Labute approximate surface area is 173 Å². The summed E-state index contributed by atoms with van der Waals surface area (Å²) in [6, 6.07) is 9.22. The molecule has 1 aliphatic heterocycles. The first kappa shape index (κ1) is 19.6. The first-order chi connectivity index (χ1) is 14.7. The van der Waals surface area contributed by atoms with Crippen molar-refractivity contribution in [3.8, 4) is 17.0 Å². The number of nitrogens with one attached hydrogen (secondary N) is 1. The van der Waals surface area contributed by atoms with Crippen molar-refractivity contribution in [2.24, 2.45) is 0 Å². The van der Waals surface area contributed by atoms with Gasteiger partial charge in [-0.2, -0.15) is 0 Å². The molecule has 3 N–H and O–H groups in total. The van der Waals surface area contributed by atoms with E-state index in [9.17, 15) is 4.79 Å².